The number of fused-ring (bicyclic) bond motifs is 1. The number of rotatable bonds is 6. The van der Waals surface area contributed by atoms with Gasteiger partial charge in [-0.3, -0.25) is 10.00 Å². The SMILES string of the molecule is OC(COc1cc(-c2cn[nH]c2)c2ccccc2c1)CN1CCCOCC1. The Morgan fingerprint density at radius 3 is 3.04 bits per heavy atom. The Hall–Kier alpha value is -2.41. The average molecular weight is 367 g/mol. The number of aromatic nitrogens is 2. The van der Waals surface area contributed by atoms with E-state index in [4.69, 9.17) is 9.47 Å². The van der Waals surface area contributed by atoms with E-state index in [-0.39, 0.29) is 6.61 Å². The van der Waals surface area contributed by atoms with Gasteiger partial charge in [-0.15, -0.1) is 0 Å². The third kappa shape index (κ3) is 4.47. The fourth-order valence-electron chi connectivity index (χ4n) is 3.53. The Kier molecular flexibility index (Phi) is 5.67. The molecule has 27 heavy (non-hydrogen) atoms. The van der Waals surface area contributed by atoms with Crippen LogP contribution >= 0.6 is 0 Å². The number of benzene rings is 2. The lowest BCUT2D eigenvalue weighted by Crippen LogP contribution is -2.37. The van der Waals surface area contributed by atoms with Crippen LogP contribution in [0.3, 0.4) is 0 Å². The van der Waals surface area contributed by atoms with E-state index in [0.29, 0.717) is 6.54 Å². The molecular weight excluding hydrogens is 342 g/mol. The number of H-pyrrole nitrogens is 1. The summed E-state index contributed by atoms with van der Waals surface area (Å²) in [6.07, 6.45) is 4.16. The number of nitrogens with one attached hydrogen (secondary N) is 1. The summed E-state index contributed by atoms with van der Waals surface area (Å²) in [7, 11) is 0. The second-order valence-electron chi connectivity index (χ2n) is 6.91. The van der Waals surface area contributed by atoms with Gasteiger partial charge in [0.15, 0.2) is 0 Å². The minimum absolute atomic E-state index is 0.264. The molecule has 1 aliphatic rings. The number of aliphatic hydroxyl groups is 1. The summed E-state index contributed by atoms with van der Waals surface area (Å²) in [4.78, 5) is 2.23. The molecule has 2 aromatic carbocycles. The molecule has 1 aromatic heterocycles. The molecule has 1 unspecified atom stereocenters. The minimum atomic E-state index is -0.535. The van der Waals surface area contributed by atoms with Crippen molar-refractivity contribution < 1.29 is 14.6 Å². The molecule has 2 heterocycles. The highest BCUT2D eigenvalue weighted by Crippen LogP contribution is 2.32. The first-order chi connectivity index (χ1) is 13.3. The molecule has 6 nitrogen and oxygen atoms in total. The average Bonchev–Trinajstić information content (AvgIpc) is 3.11. The monoisotopic (exact) mass is 367 g/mol. The van der Waals surface area contributed by atoms with Crippen LogP contribution in [0.4, 0.5) is 0 Å². The number of β-amino-alcohol motifs (C(OH)–C–C–N with tert-alkyl or cyclic N) is 1. The Morgan fingerprint density at radius 1 is 1.22 bits per heavy atom. The van der Waals surface area contributed by atoms with Crippen LogP contribution in [0.5, 0.6) is 5.75 Å². The van der Waals surface area contributed by atoms with E-state index in [0.717, 1.165) is 60.4 Å². The number of ether oxygens (including phenoxy) is 2. The summed E-state index contributed by atoms with van der Waals surface area (Å²) in [6, 6.07) is 12.2. The smallest absolute Gasteiger partial charge is 0.120 e. The summed E-state index contributed by atoms with van der Waals surface area (Å²) >= 11 is 0. The maximum Gasteiger partial charge on any atom is 0.120 e. The number of aliphatic hydroxyl groups excluding tert-OH is 1. The molecule has 1 saturated heterocycles. The van der Waals surface area contributed by atoms with E-state index in [1.165, 1.54) is 0 Å². The molecule has 1 fully saturated rings. The number of nitrogens with zero attached hydrogens (tertiary/aromatic N) is 2. The minimum Gasteiger partial charge on any atom is -0.491 e. The highest BCUT2D eigenvalue weighted by Gasteiger charge is 2.15. The molecule has 3 aromatic rings. The fourth-order valence-corrected chi connectivity index (χ4v) is 3.53. The first-order valence-electron chi connectivity index (χ1n) is 9.42. The van der Waals surface area contributed by atoms with E-state index in [9.17, 15) is 5.11 Å². The van der Waals surface area contributed by atoms with Gasteiger partial charge in [0, 0.05) is 38.0 Å². The van der Waals surface area contributed by atoms with Gasteiger partial charge in [-0.1, -0.05) is 24.3 Å². The summed E-state index contributed by atoms with van der Waals surface area (Å²) in [5.41, 5.74) is 2.08. The third-order valence-electron chi connectivity index (χ3n) is 4.87. The van der Waals surface area contributed by atoms with Gasteiger partial charge in [0.2, 0.25) is 0 Å². The van der Waals surface area contributed by atoms with Crippen molar-refractivity contribution in [1.29, 1.82) is 0 Å². The maximum atomic E-state index is 10.4. The Bertz CT molecular complexity index is 858. The van der Waals surface area contributed by atoms with Crippen molar-refractivity contribution in [1.82, 2.24) is 15.1 Å². The predicted molar refractivity (Wildman–Crippen MR) is 105 cm³/mol. The second kappa shape index (κ2) is 8.52. The first-order valence-corrected chi connectivity index (χ1v) is 9.42. The van der Waals surface area contributed by atoms with E-state index in [1.54, 1.807) is 0 Å². The standard InChI is InChI=1S/C21H25N3O3/c25-18(14-24-6-3-8-26-9-7-24)15-27-19-10-16-4-1-2-5-20(16)21(11-19)17-12-22-23-13-17/h1-2,4-5,10-13,18,25H,3,6-9,14-15H2,(H,22,23). The molecular formula is C21H25N3O3. The molecule has 0 radical (unpaired) electrons. The quantitative estimate of drug-likeness (QED) is 0.701. The molecule has 0 aliphatic carbocycles. The van der Waals surface area contributed by atoms with Gasteiger partial charge >= 0.3 is 0 Å². The van der Waals surface area contributed by atoms with Crippen molar-refractivity contribution in [3.8, 4) is 16.9 Å². The molecule has 1 aliphatic heterocycles. The molecule has 0 saturated carbocycles. The Balaban J connectivity index is 1.47. The van der Waals surface area contributed by atoms with Crippen LogP contribution in [-0.4, -0.2) is 65.8 Å². The summed E-state index contributed by atoms with van der Waals surface area (Å²) < 4.78 is 11.4. The van der Waals surface area contributed by atoms with Gasteiger partial charge < -0.3 is 14.6 Å². The Labute approximate surface area is 158 Å². The fraction of sp³-hybridized carbons (Fsp3) is 0.381. The zero-order valence-electron chi connectivity index (χ0n) is 15.3. The van der Waals surface area contributed by atoms with Crippen molar-refractivity contribution in [2.45, 2.75) is 12.5 Å². The zero-order chi connectivity index (χ0) is 18.5. The summed E-state index contributed by atoms with van der Waals surface area (Å²) in [5.74, 6) is 0.753. The summed E-state index contributed by atoms with van der Waals surface area (Å²) in [5, 5.41) is 19.6. The van der Waals surface area contributed by atoms with Gasteiger partial charge in [0.05, 0.1) is 12.8 Å². The van der Waals surface area contributed by atoms with Crippen LogP contribution in [0.25, 0.3) is 21.9 Å². The van der Waals surface area contributed by atoms with Gasteiger partial charge in [-0.05, 0) is 34.9 Å². The molecule has 2 N–H and O–H groups in total. The molecule has 6 heteroatoms. The topological polar surface area (TPSA) is 70.6 Å². The normalized spacial score (nSPS) is 16.9. The lowest BCUT2D eigenvalue weighted by atomic mass is 10.00. The number of hydrogen-bond donors (Lipinski definition) is 2. The van der Waals surface area contributed by atoms with Gasteiger partial charge in [-0.2, -0.15) is 5.10 Å². The molecule has 0 bridgehead atoms. The van der Waals surface area contributed by atoms with Crippen LogP contribution < -0.4 is 4.74 Å². The van der Waals surface area contributed by atoms with E-state index >= 15 is 0 Å². The molecule has 4 rings (SSSR count). The highest BCUT2D eigenvalue weighted by molar-refractivity contribution is 5.97. The zero-order valence-corrected chi connectivity index (χ0v) is 15.3. The Morgan fingerprint density at radius 2 is 2.15 bits per heavy atom. The van der Waals surface area contributed by atoms with Crippen LogP contribution in [0, 0.1) is 0 Å². The molecule has 1 atom stereocenters. The number of aromatic amines is 1. The third-order valence-corrected chi connectivity index (χ3v) is 4.87. The van der Waals surface area contributed by atoms with E-state index in [1.807, 2.05) is 36.7 Å². The van der Waals surface area contributed by atoms with E-state index < -0.39 is 6.10 Å². The molecule has 0 amide bonds. The van der Waals surface area contributed by atoms with E-state index in [2.05, 4.69) is 27.2 Å². The molecule has 142 valence electrons. The van der Waals surface area contributed by atoms with Crippen LogP contribution in [-0.2, 0) is 4.74 Å². The predicted octanol–water partition coefficient (Wildman–Crippen LogP) is 2.69. The van der Waals surface area contributed by atoms with Crippen LogP contribution in [0.2, 0.25) is 0 Å². The van der Waals surface area contributed by atoms with Crippen LogP contribution in [0.15, 0.2) is 48.8 Å². The van der Waals surface area contributed by atoms with Gasteiger partial charge in [0.25, 0.3) is 0 Å². The molecule has 0 spiro atoms. The second-order valence-corrected chi connectivity index (χ2v) is 6.91. The maximum absolute atomic E-state index is 10.4. The first kappa shape index (κ1) is 18.0. The number of hydrogen-bond acceptors (Lipinski definition) is 5. The van der Waals surface area contributed by atoms with Crippen molar-refractivity contribution in [2.24, 2.45) is 0 Å². The van der Waals surface area contributed by atoms with Crippen molar-refractivity contribution in [3.63, 3.8) is 0 Å². The van der Waals surface area contributed by atoms with Crippen LogP contribution in [0.1, 0.15) is 6.42 Å². The highest BCUT2D eigenvalue weighted by atomic mass is 16.5. The lowest BCUT2D eigenvalue weighted by molar-refractivity contribution is 0.0659. The largest absolute Gasteiger partial charge is 0.491 e. The van der Waals surface area contributed by atoms with Gasteiger partial charge in [0.1, 0.15) is 18.5 Å². The van der Waals surface area contributed by atoms with Crippen molar-refractivity contribution >= 4 is 10.8 Å². The summed E-state index contributed by atoms with van der Waals surface area (Å²) in [6.45, 7) is 4.21. The van der Waals surface area contributed by atoms with Crippen molar-refractivity contribution in [2.75, 3.05) is 39.5 Å². The lowest BCUT2D eigenvalue weighted by Gasteiger charge is -2.22. The van der Waals surface area contributed by atoms with Crippen molar-refractivity contribution in [3.05, 3.63) is 48.8 Å². The van der Waals surface area contributed by atoms with Gasteiger partial charge in [-0.25, -0.2) is 0 Å².